The number of hydrogen-bond donors (Lipinski definition) is 1. The summed E-state index contributed by atoms with van der Waals surface area (Å²) < 4.78 is 0. The van der Waals surface area contributed by atoms with Gasteiger partial charge in [-0.05, 0) is 68.3 Å². The molecule has 0 amide bonds. The smallest absolute Gasteiger partial charge is 0.169 e. The maximum Gasteiger partial charge on any atom is 0.169 e. The molecule has 0 bridgehead atoms. The van der Waals surface area contributed by atoms with Crippen LogP contribution in [0.25, 0.3) is 0 Å². The van der Waals surface area contributed by atoms with E-state index in [0.717, 1.165) is 55.9 Å². The molecule has 1 aromatic heterocycles. The number of halogens is 1. The number of fused-ring (bicyclic) bond motifs is 2. The van der Waals surface area contributed by atoms with Crippen molar-refractivity contribution in [2.24, 2.45) is 11.8 Å². The van der Waals surface area contributed by atoms with Gasteiger partial charge in [-0.1, -0.05) is 30.7 Å². The average Bonchev–Trinajstić information content (AvgIpc) is 2.97. The monoisotopic (exact) mass is 370 g/mol. The standard InChI is InChI=1S/C22H27ClN2O/c1-3-18-14(2)24-20-12-16-9-11-25(13-19(16)22(26)21(18)20)10-8-15-4-6-17(23)7-5-15/h4-7,16,19,24H,3,8-13H2,1-2H3/t16-,19+/m0/s1. The minimum atomic E-state index is 0.168. The van der Waals surface area contributed by atoms with Crippen LogP contribution < -0.4 is 0 Å². The first-order valence-electron chi connectivity index (χ1n) is 9.78. The van der Waals surface area contributed by atoms with Crippen molar-refractivity contribution in [2.45, 2.75) is 39.5 Å². The lowest BCUT2D eigenvalue weighted by Crippen LogP contribution is -2.47. The molecule has 0 saturated carbocycles. The molecule has 2 atom stereocenters. The Morgan fingerprint density at radius 2 is 2.04 bits per heavy atom. The number of aromatic nitrogens is 1. The summed E-state index contributed by atoms with van der Waals surface area (Å²) in [5.41, 5.74) is 5.94. The summed E-state index contributed by atoms with van der Waals surface area (Å²) in [6.07, 6.45) is 4.10. The Labute approximate surface area is 160 Å². The fraction of sp³-hybridized carbons (Fsp3) is 0.500. The zero-order valence-corrected chi connectivity index (χ0v) is 16.4. The first kappa shape index (κ1) is 17.8. The number of ketones is 1. The van der Waals surface area contributed by atoms with Gasteiger partial charge in [0.15, 0.2) is 5.78 Å². The molecule has 0 unspecified atom stereocenters. The van der Waals surface area contributed by atoms with Gasteiger partial charge in [0.25, 0.3) is 0 Å². The van der Waals surface area contributed by atoms with E-state index < -0.39 is 0 Å². The zero-order valence-electron chi connectivity index (χ0n) is 15.6. The zero-order chi connectivity index (χ0) is 18.3. The van der Waals surface area contributed by atoms with E-state index in [1.54, 1.807) is 0 Å². The van der Waals surface area contributed by atoms with Gasteiger partial charge in [-0.2, -0.15) is 0 Å². The van der Waals surface area contributed by atoms with Crippen LogP contribution in [0, 0.1) is 18.8 Å². The summed E-state index contributed by atoms with van der Waals surface area (Å²) in [6.45, 7) is 7.26. The molecule has 1 aliphatic heterocycles. The summed E-state index contributed by atoms with van der Waals surface area (Å²) in [6, 6.07) is 8.11. The summed E-state index contributed by atoms with van der Waals surface area (Å²) in [5, 5.41) is 0.784. The number of nitrogens with zero attached hydrogens (tertiary/aromatic N) is 1. The minimum absolute atomic E-state index is 0.168. The van der Waals surface area contributed by atoms with Gasteiger partial charge in [-0.15, -0.1) is 0 Å². The number of H-pyrrole nitrogens is 1. The second kappa shape index (κ2) is 7.21. The fourth-order valence-corrected chi connectivity index (χ4v) is 4.95. The van der Waals surface area contributed by atoms with E-state index in [-0.39, 0.29) is 5.92 Å². The van der Waals surface area contributed by atoms with Crippen LogP contribution in [0.5, 0.6) is 0 Å². The number of aryl methyl sites for hydroxylation is 1. The number of likely N-dealkylation sites (tertiary alicyclic amines) is 1. The Bertz CT molecular complexity index is 808. The topological polar surface area (TPSA) is 36.1 Å². The number of aromatic amines is 1. The highest BCUT2D eigenvalue weighted by Crippen LogP contribution is 2.38. The number of piperidine rings is 1. The number of Topliss-reactive ketones (excluding diaryl/α,β-unsaturated/α-hetero) is 1. The first-order valence-corrected chi connectivity index (χ1v) is 10.2. The van der Waals surface area contributed by atoms with Gasteiger partial charge in [0, 0.05) is 41.0 Å². The number of carbonyl (C=O) groups is 1. The quantitative estimate of drug-likeness (QED) is 0.862. The molecule has 2 heterocycles. The molecule has 1 fully saturated rings. The molecule has 26 heavy (non-hydrogen) atoms. The van der Waals surface area contributed by atoms with Crippen LogP contribution in [0.3, 0.4) is 0 Å². The summed E-state index contributed by atoms with van der Waals surface area (Å²) in [5.74, 6) is 1.06. The highest BCUT2D eigenvalue weighted by atomic mass is 35.5. The predicted octanol–water partition coefficient (Wildman–Crippen LogP) is 4.46. The van der Waals surface area contributed by atoms with E-state index in [1.165, 1.54) is 22.5 Å². The van der Waals surface area contributed by atoms with Crippen LogP contribution in [-0.2, 0) is 19.3 Å². The molecule has 2 aromatic rings. The van der Waals surface area contributed by atoms with E-state index in [0.29, 0.717) is 11.7 Å². The molecule has 1 aliphatic carbocycles. The molecule has 1 aromatic carbocycles. The Balaban J connectivity index is 1.46. The first-order chi connectivity index (χ1) is 12.6. The van der Waals surface area contributed by atoms with Crippen molar-refractivity contribution in [1.82, 2.24) is 9.88 Å². The molecule has 0 spiro atoms. The van der Waals surface area contributed by atoms with Crippen molar-refractivity contribution >= 4 is 17.4 Å². The maximum atomic E-state index is 13.2. The number of hydrogen-bond acceptors (Lipinski definition) is 2. The third-order valence-corrected chi connectivity index (χ3v) is 6.52. The normalized spacial score (nSPS) is 23.0. The lowest BCUT2D eigenvalue weighted by atomic mass is 9.72. The highest BCUT2D eigenvalue weighted by molar-refractivity contribution is 6.30. The van der Waals surface area contributed by atoms with Crippen LogP contribution in [-0.4, -0.2) is 35.3 Å². The van der Waals surface area contributed by atoms with Gasteiger partial charge >= 0.3 is 0 Å². The van der Waals surface area contributed by atoms with E-state index in [4.69, 9.17) is 11.6 Å². The Morgan fingerprint density at radius 3 is 2.77 bits per heavy atom. The second-order valence-corrected chi connectivity index (χ2v) is 8.27. The molecular formula is C22H27ClN2O. The van der Waals surface area contributed by atoms with Gasteiger partial charge < -0.3 is 9.88 Å². The summed E-state index contributed by atoms with van der Waals surface area (Å²) in [7, 11) is 0. The predicted molar refractivity (Wildman–Crippen MR) is 106 cm³/mol. The van der Waals surface area contributed by atoms with Crippen molar-refractivity contribution < 1.29 is 4.79 Å². The van der Waals surface area contributed by atoms with Gasteiger partial charge in [0.2, 0.25) is 0 Å². The third kappa shape index (κ3) is 3.23. The van der Waals surface area contributed by atoms with Gasteiger partial charge in [0.05, 0.1) is 0 Å². The fourth-order valence-electron chi connectivity index (χ4n) is 4.82. The van der Waals surface area contributed by atoms with Gasteiger partial charge in [0.1, 0.15) is 0 Å². The largest absolute Gasteiger partial charge is 0.362 e. The molecule has 4 heteroatoms. The lowest BCUT2D eigenvalue weighted by Gasteiger charge is -2.40. The number of benzene rings is 1. The summed E-state index contributed by atoms with van der Waals surface area (Å²) >= 11 is 5.97. The minimum Gasteiger partial charge on any atom is -0.362 e. The molecule has 1 saturated heterocycles. The van der Waals surface area contributed by atoms with Crippen molar-refractivity contribution in [3.05, 3.63) is 57.4 Å². The molecule has 3 nitrogen and oxygen atoms in total. The van der Waals surface area contributed by atoms with Crippen LogP contribution in [0.15, 0.2) is 24.3 Å². The average molecular weight is 371 g/mol. The number of rotatable bonds is 4. The van der Waals surface area contributed by atoms with Crippen LogP contribution in [0.1, 0.15) is 46.2 Å². The van der Waals surface area contributed by atoms with Crippen LogP contribution in [0.2, 0.25) is 5.02 Å². The molecule has 0 radical (unpaired) electrons. The molecule has 4 rings (SSSR count). The Morgan fingerprint density at radius 1 is 1.27 bits per heavy atom. The van der Waals surface area contributed by atoms with Crippen molar-refractivity contribution in [3.8, 4) is 0 Å². The number of carbonyl (C=O) groups excluding carboxylic acids is 1. The van der Waals surface area contributed by atoms with Crippen molar-refractivity contribution in [2.75, 3.05) is 19.6 Å². The molecule has 2 aliphatic rings. The van der Waals surface area contributed by atoms with Crippen LogP contribution >= 0.6 is 11.6 Å². The number of nitrogens with one attached hydrogen (secondary N) is 1. The van der Waals surface area contributed by atoms with E-state index >= 15 is 0 Å². The van der Waals surface area contributed by atoms with Crippen molar-refractivity contribution in [3.63, 3.8) is 0 Å². The van der Waals surface area contributed by atoms with E-state index in [2.05, 4.69) is 35.9 Å². The van der Waals surface area contributed by atoms with E-state index in [1.807, 2.05) is 12.1 Å². The lowest BCUT2D eigenvalue weighted by molar-refractivity contribution is 0.0662. The summed E-state index contributed by atoms with van der Waals surface area (Å²) in [4.78, 5) is 19.2. The molecular weight excluding hydrogens is 344 g/mol. The van der Waals surface area contributed by atoms with Crippen molar-refractivity contribution in [1.29, 1.82) is 0 Å². The highest BCUT2D eigenvalue weighted by Gasteiger charge is 2.41. The van der Waals surface area contributed by atoms with E-state index in [9.17, 15) is 4.79 Å². The van der Waals surface area contributed by atoms with Gasteiger partial charge in [-0.3, -0.25) is 4.79 Å². The molecule has 1 N–H and O–H groups in total. The Hall–Kier alpha value is -1.58. The van der Waals surface area contributed by atoms with Gasteiger partial charge in [-0.25, -0.2) is 0 Å². The third-order valence-electron chi connectivity index (χ3n) is 6.27. The molecule has 138 valence electrons. The Kier molecular flexibility index (Phi) is 4.94. The maximum absolute atomic E-state index is 13.2. The second-order valence-electron chi connectivity index (χ2n) is 7.84. The van der Waals surface area contributed by atoms with Crippen LogP contribution in [0.4, 0.5) is 0 Å². The SMILES string of the molecule is CCc1c(C)[nH]c2c1C(=O)[C@@H]1CN(CCc3ccc(Cl)cc3)CC[C@H]1C2.